The highest BCUT2D eigenvalue weighted by Gasteiger charge is 2.10. The van der Waals surface area contributed by atoms with Crippen molar-refractivity contribution >= 4 is 33.9 Å². The number of para-hydroxylation sites is 1. The first kappa shape index (κ1) is 18.5. The number of hydrogen-bond acceptors (Lipinski definition) is 9. The van der Waals surface area contributed by atoms with E-state index >= 15 is 0 Å². The Balaban J connectivity index is 1.24. The zero-order valence-corrected chi connectivity index (χ0v) is 16.2. The first-order chi connectivity index (χ1) is 13.8. The molecule has 0 radical (unpaired) electrons. The Morgan fingerprint density at radius 1 is 1.11 bits per heavy atom. The van der Waals surface area contributed by atoms with E-state index in [0.717, 1.165) is 22.1 Å². The van der Waals surface area contributed by atoms with Crippen LogP contribution in [0.3, 0.4) is 0 Å². The van der Waals surface area contributed by atoms with Gasteiger partial charge in [0.25, 0.3) is 0 Å². The molecule has 0 atom stereocenters. The molecule has 0 fully saturated rings. The molecule has 0 saturated carbocycles. The number of thioether (sulfide) groups is 1. The monoisotopic (exact) mass is 414 g/mol. The van der Waals surface area contributed by atoms with Crippen molar-refractivity contribution in [1.29, 1.82) is 0 Å². The molecule has 4 rings (SSSR count). The van der Waals surface area contributed by atoms with Crippen molar-refractivity contribution in [2.75, 3.05) is 11.1 Å². The maximum absolute atomic E-state index is 13.7. The third kappa shape index (κ3) is 4.70. The second-order valence-corrected chi connectivity index (χ2v) is 8.00. The maximum atomic E-state index is 13.7. The van der Waals surface area contributed by atoms with Crippen molar-refractivity contribution in [2.45, 2.75) is 17.2 Å². The van der Waals surface area contributed by atoms with E-state index in [-0.39, 0.29) is 5.82 Å². The van der Waals surface area contributed by atoms with Crippen LogP contribution >= 0.6 is 23.1 Å². The molecular weight excluding hydrogens is 399 g/mol. The zero-order valence-electron chi connectivity index (χ0n) is 14.6. The van der Waals surface area contributed by atoms with E-state index in [4.69, 9.17) is 4.52 Å². The average molecular weight is 414 g/mol. The lowest BCUT2D eigenvalue weighted by molar-refractivity contribution is 0.378. The van der Waals surface area contributed by atoms with Gasteiger partial charge in [-0.25, -0.2) is 4.39 Å². The summed E-state index contributed by atoms with van der Waals surface area (Å²) >= 11 is 2.98. The number of halogens is 1. The highest BCUT2D eigenvalue weighted by molar-refractivity contribution is 8.01. The second kappa shape index (κ2) is 8.89. The fourth-order valence-corrected chi connectivity index (χ4v) is 4.13. The van der Waals surface area contributed by atoms with Crippen LogP contribution in [0.1, 0.15) is 12.3 Å². The van der Waals surface area contributed by atoms with E-state index in [1.165, 1.54) is 17.4 Å². The molecular formula is C18H15FN6OS2. The van der Waals surface area contributed by atoms with E-state index in [1.807, 2.05) is 12.1 Å². The summed E-state index contributed by atoms with van der Waals surface area (Å²) < 4.78 is 19.8. The summed E-state index contributed by atoms with van der Waals surface area (Å²) in [4.78, 5) is 8.37. The van der Waals surface area contributed by atoms with Gasteiger partial charge in [0.2, 0.25) is 16.8 Å². The molecule has 0 unspecified atom stereocenters. The molecule has 0 spiro atoms. The minimum atomic E-state index is -0.322. The quantitative estimate of drug-likeness (QED) is 0.331. The van der Waals surface area contributed by atoms with Crippen LogP contribution in [0, 0.1) is 5.82 Å². The highest BCUT2D eigenvalue weighted by atomic mass is 32.2. The first-order valence-electron chi connectivity index (χ1n) is 8.49. The standard InChI is InChI=1S/C18H15FN6OS2/c19-13-4-1-2-5-14(13)21-17-23-24-18(28-17)27-11-3-6-15-22-16(25-26-15)12-7-9-20-10-8-12/h1-2,4-5,7-10H,3,6,11H2,(H,21,23). The van der Waals surface area contributed by atoms with Gasteiger partial charge >= 0.3 is 0 Å². The molecule has 1 aromatic carbocycles. The van der Waals surface area contributed by atoms with Crippen molar-refractivity contribution < 1.29 is 8.91 Å². The lowest BCUT2D eigenvalue weighted by Gasteiger charge is -2.01. The number of nitrogens with zero attached hydrogens (tertiary/aromatic N) is 5. The Hall–Kier alpha value is -2.85. The third-order valence-corrected chi connectivity index (χ3v) is 5.75. The highest BCUT2D eigenvalue weighted by Crippen LogP contribution is 2.29. The van der Waals surface area contributed by atoms with Gasteiger partial charge in [-0.1, -0.05) is 40.4 Å². The molecule has 3 heterocycles. The number of pyridine rings is 1. The van der Waals surface area contributed by atoms with Crippen LogP contribution in [-0.2, 0) is 6.42 Å². The number of anilines is 2. The summed E-state index contributed by atoms with van der Waals surface area (Å²) in [5.74, 6) is 1.68. The van der Waals surface area contributed by atoms with Gasteiger partial charge in [-0.2, -0.15) is 4.98 Å². The third-order valence-electron chi connectivity index (χ3n) is 3.69. The molecule has 0 aliphatic heterocycles. The van der Waals surface area contributed by atoms with Gasteiger partial charge in [0.05, 0.1) is 5.69 Å². The molecule has 4 aromatic rings. The van der Waals surface area contributed by atoms with Gasteiger partial charge in [-0.05, 0) is 30.7 Å². The zero-order chi connectivity index (χ0) is 19.2. The van der Waals surface area contributed by atoms with Gasteiger partial charge in [0, 0.05) is 30.1 Å². The summed E-state index contributed by atoms with van der Waals surface area (Å²) in [6.45, 7) is 0. The first-order valence-corrected chi connectivity index (χ1v) is 10.3. The lowest BCUT2D eigenvalue weighted by Crippen LogP contribution is -1.92. The summed E-state index contributed by atoms with van der Waals surface area (Å²) in [6.07, 6.45) is 4.93. The Kier molecular flexibility index (Phi) is 5.88. The van der Waals surface area contributed by atoms with Gasteiger partial charge in [-0.15, -0.1) is 10.2 Å². The molecule has 0 aliphatic carbocycles. The Bertz CT molecular complexity index is 1040. The smallest absolute Gasteiger partial charge is 0.226 e. The van der Waals surface area contributed by atoms with Crippen LogP contribution in [0.25, 0.3) is 11.4 Å². The molecule has 0 aliphatic rings. The Morgan fingerprint density at radius 2 is 1.96 bits per heavy atom. The lowest BCUT2D eigenvalue weighted by atomic mass is 10.2. The fraction of sp³-hybridized carbons (Fsp3) is 0.167. The summed E-state index contributed by atoms with van der Waals surface area (Å²) in [5.41, 5.74) is 1.26. The number of hydrogen-bond donors (Lipinski definition) is 1. The molecule has 3 aromatic heterocycles. The molecule has 0 bridgehead atoms. The number of benzene rings is 1. The average Bonchev–Trinajstić information content (AvgIpc) is 3.37. The molecule has 1 N–H and O–H groups in total. The van der Waals surface area contributed by atoms with Crippen molar-refractivity contribution in [3.05, 3.63) is 60.5 Å². The number of rotatable bonds is 8. The van der Waals surface area contributed by atoms with E-state index in [9.17, 15) is 4.39 Å². The SMILES string of the molecule is Fc1ccccc1Nc1nnc(SCCCc2nc(-c3ccncc3)no2)s1. The van der Waals surface area contributed by atoms with E-state index < -0.39 is 0 Å². The Morgan fingerprint density at radius 3 is 2.82 bits per heavy atom. The van der Waals surface area contributed by atoms with Crippen LogP contribution in [-0.4, -0.2) is 31.1 Å². The fourth-order valence-electron chi connectivity index (χ4n) is 2.35. The molecule has 7 nitrogen and oxygen atoms in total. The maximum Gasteiger partial charge on any atom is 0.226 e. The predicted molar refractivity (Wildman–Crippen MR) is 106 cm³/mol. The van der Waals surface area contributed by atoms with E-state index in [2.05, 4.69) is 30.6 Å². The minimum absolute atomic E-state index is 0.322. The van der Waals surface area contributed by atoms with Crippen molar-refractivity contribution in [1.82, 2.24) is 25.3 Å². The van der Waals surface area contributed by atoms with Crippen molar-refractivity contribution in [3.63, 3.8) is 0 Å². The topological polar surface area (TPSA) is 89.6 Å². The summed E-state index contributed by atoms with van der Waals surface area (Å²) in [5, 5.41) is 15.7. The molecule has 28 heavy (non-hydrogen) atoms. The normalized spacial score (nSPS) is 10.9. The molecule has 0 saturated heterocycles. The largest absolute Gasteiger partial charge is 0.339 e. The van der Waals surface area contributed by atoms with E-state index in [0.29, 0.717) is 29.0 Å². The number of nitrogens with one attached hydrogen (secondary N) is 1. The Labute approximate surface area is 168 Å². The molecule has 142 valence electrons. The summed E-state index contributed by atoms with van der Waals surface area (Å²) in [6, 6.07) is 10.1. The van der Waals surface area contributed by atoms with Crippen molar-refractivity contribution in [2.24, 2.45) is 0 Å². The van der Waals surface area contributed by atoms with E-state index in [1.54, 1.807) is 42.4 Å². The van der Waals surface area contributed by atoms with Crippen LogP contribution in [0.2, 0.25) is 0 Å². The van der Waals surface area contributed by atoms with Crippen LogP contribution in [0.4, 0.5) is 15.2 Å². The van der Waals surface area contributed by atoms with Crippen LogP contribution in [0.15, 0.2) is 57.7 Å². The van der Waals surface area contributed by atoms with Gasteiger partial charge in [0.15, 0.2) is 4.34 Å². The minimum Gasteiger partial charge on any atom is -0.339 e. The van der Waals surface area contributed by atoms with Gasteiger partial charge < -0.3 is 9.84 Å². The number of aryl methyl sites for hydroxylation is 1. The van der Waals surface area contributed by atoms with Crippen molar-refractivity contribution in [3.8, 4) is 11.4 Å². The predicted octanol–water partition coefficient (Wildman–Crippen LogP) is 4.59. The van der Waals surface area contributed by atoms with Crippen LogP contribution < -0.4 is 5.32 Å². The molecule has 0 amide bonds. The number of aromatic nitrogens is 5. The van der Waals surface area contributed by atoms with Gasteiger partial charge in [-0.3, -0.25) is 4.98 Å². The van der Waals surface area contributed by atoms with Gasteiger partial charge in [0.1, 0.15) is 5.82 Å². The van der Waals surface area contributed by atoms with Crippen LogP contribution in [0.5, 0.6) is 0 Å². The second-order valence-electron chi connectivity index (χ2n) is 5.68. The summed E-state index contributed by atoms with van der Waals surface area (Å²) in [7, 11) is 0. The molecule has 10 heteroatoms.